The molecule has 33 heavy (non-hydrogen) atoms. The van der Waals surface area contributed by atoms with Crippen LogP contribution in [0.15, 0.2) is 114 Å². The second-order valence-electron chi connectivity index (χ2n) is 7.76. The van der Waals surface area contributed by atoms with Crippen molar-refractivity contribution in [3.63, 3.8) is 0 Å². The first kappa shape index (κ1) is 20.5. The Labute approximate surface area is 192 Å². The van der Waals surface area contributed by atoms with E-state index < -0.39 is 0 Å². The van der Waals surface area contributed by atoms with Crippen molar-refractivity contribution in [1.82, 2.24) is 5.43 Å². The molecule has 5 aromatic carbocycles. The van der Waals surface area contributed by atoms with E-state index in [1.54, 1.807) is 12.3 Å². The van der Waals surface area contributed by atoms with Gasteiger partial charge in [-0.25, -0.2) is 5.43 Å². The molecule has 0 unspecified atom stereocenters. The van der Waals surface area contributed by atoms with Gasteiger partial charge in [0.25, 0.3) is 5.91 Å². The van der Waals surface area contributed by atoms with Crippen LogP contribution >= 0.6 is 0 Å². The summed E-state index contributed by atoms with van der Waals surface area (Å²) in [5.74, 6) is 0.494. The van der Waals surface area contributed by atoms with Gasteiger partial charge in [-0.2, -0.15) is 5.10 Å². The number of rotatable bonds is 6. The summed E-state index contributed by atoms with van der Waals surface area (Å²) < 4.78 is 6.03. The number of carbonyl (C=O) groups excluding carboxylic acids is 1. The van der Waals surface area contributed by atoms with E-state index in [0.29, 0.717) is 12.2 Å². The fourth-order valence-electron chi connectivity index (χ4n) is 3.82. The molecule has 0 spiro atoms. The number of carbonyl (C=O) groups is 1. The summed E-state index contributed by atoms with van der Waals surface area (Å²) in [6, 6.07) is 35.7. The first-order chi connectivity index (χ1) is 16.3. The predicted molar refractivity (Wildman–Crippen MR) is 134 cm³/mol. The van der Waals surface area contributed by atoms with Crippen molar-refractivity contribution in [3.8, 4) is 5.75 Å². The summed E-state index contributed by atoms with van der Waals surface area (Å²) >= 11 is 0. The molecule has 4 nitrogen and oxygen atoms in total. The molecule has 1 amide bonds. The molecular weight excluding hydrogens is 408 g/mol. The van der Waals surface area contributed by atoms with Gasteiger partial charge in [-0.3, -0.25) is 4.79 Å². The summed E-state index contributed by atoms with van der Waals surface area (Å²) in [7, 11) is 0. The predicted octanol–water partition coefficient (Wildman–Crippen LogP) is 6.34. The second-order valence-corrected chi connectivity index (χ2v) is 7.76. The SMILES string of the molecule is O=C(NN=Cc1cccc(OCc2cccc3ccccc23)c1)c1ccc2ccccc2c1. The molecular formula is C29H22N2O2. The van der Waals surface area contributed by atoms with Crippen LogP contribution in [-0.2, 0) is 6.61 Å². The topological polar surface area (TPSA) is 50.7 Å². The van der Waals surface area contributed by atoms with E-state index in [4.69, 9.17) is 4.74 Å². The summed E-state index contributed by atoms with van der Waals surface area (Å²) in [5, 5.41) is 8.62. The zero-order valence-corrected chi connectivity index (χ0v) is 17.9. The standard InChI is InChI=1S/C29H22N2O2/c32-29(25-16-15-22-8-1-2-10-24(22)18-25)31-30-19-21-7-5-13-27(17-21)33-20-26-12-6-11-23-9-3-4-14-28(23)26/h1-19H,20H2,(H,31,32). The number of amides is 1. The molecule has 160 valence electrons. The maximum absolute atomic E-state index is 12.5. The van der Waals surface area contributed by atoms with Gasteiger partial charge in [-0.05, 0) is 56.9 Å². The van der Waals surface area contributed by atoms with Gasteiger partial charge in [0.15, 0.2) is 0 Å². The quantitative estimate of drug-likeness (QED) is 0.253. The Morgan fingerprint density at radius 1 is 0.758 bits per heavy atom. The zero-order valence-electron chi connectivity index (χ0n) is 17.9. The maximum atomic E-state index is 12.5. The van der Waals surface area contributed by atoms with Gasteiger partial charge < -0.3 is 4.74 Å². The molecule has 0 radical (unpaired) electrons. The van der Waals surface area contributed by atoms with Crippen LogP contribution in [0.1, 0.15) is 21.5 Å². The van der Waals surface area contributed by atoms with Crippen molar-refractivity contribution < 1.29 is 9.53 Å². The normalized spacial score (nSPS) is 11.2. The first-order valence-electron chi connectivity index (χ1n) is 10.8. The Kier molecular flexibility index (Phi) is 5.81. The van der Waals surface area contributed by atoms with Crippen LogP contribution in [0.3, 0.4) is 0 Å². The third-order valence-corrected chi connectivity index (χ3v) is 5.52. The van der Waals surface area contributed by atoms with Gasteiger partial charge >= 0.3 is 0 Å². The first-order valence-corrected chi connectivity index (χ1v) is 10.8. The molecule has 5 rings (SSSR count). The molecule has 0 bridgehead atoms. The Bertz CT molecular complexity index is 1470. The third-order valence-electron chi connectivity index (χ3n) is 5.52. The molecule has 0 aliphatic carbocycles. The smallest absolute Gasteiger partial charge is 0.271 e. The molecule has 0 saturated carbocycles. The van der Waals surface area contributed by atoms with Gasteiger partial charge in [0.2, 0.25) is 0 Å². The summed E-state index contributed by atoms with van der Waals surface area (Å²) in [5.41, 5.74) is 5.14. The number of nitrogens with one attached hydrogen (secondary N) is 1. The largest absolute Gasteiger partial charge is 0.489 e. The average Bonchev–Trinajstić information content (AvgIpc) is 2.87. The highest BCUT2D eigenvalue weighted by atomic mass is 16.5. The number of hydrazone groups is 1. The number of benzene rings is 5. The number of hydrogen-bond acceptors (Lipinski definition) is 3. The highest BCUT2D eigenvalue weighted by Crippen LogP contribution is 2.21. The van der Waals surface area contributed by atoms with Crippen LogP contribution in [-0.4, -0.2) is 12.1 Å². The van der Waals surface area contributed by atoms with Crippen LogP contribution in [0.2, 0.25) is 0 Å². The van der Waals surface area contributed by atoms with Gasteiger partial charge in [-0.15, -0.1) is 0 Å². The molecule has 0 fully saturated rings. The van der Waals surface area contributed by atoms with Crippen molar-refractivity contribution in [1.29, 1.82) is 0 Å². The van der Waals surface area contributed by atoms with Gasteiger partial charge in [0.05, 0.1) is 6.21 Å². The Morgan fingerprint density at radius 3 is 2.42 bits per heavy atom. The lowest BCUT2D eigenvalue weighted by atomic mass is 10.1. The van der Waals surface area contributed by atoms with Crippen LogP contribution in [0.5, 0.6) is 5.75 Å². The van der Waals surface area contributed by atoms with E-state index >= 15 is 0 Å². The molecule has 0 aliphatic rings. The van der Waals surface area contributed by atoms with Crippen molar-refractivity contribution in [2.75, 3.05) is 0 Å². The Balaban J connectivity index is 1.23. The third kappa shape index (κ3) is 4.75. The molecule has 0 heterocycles. The molecule has 0 aliphatic heterocycles. The molecule has 4 heteroatoms. The fraction of sp³-hybridized carbons (Fsp3) is 0.0345. The van der Waals surface area contributed by atoms with E-state index in [2.05, 4.69) is 34.8 Å². The zero-order chi connectivity index (χ0) is 22.5. The molecule has 0 aromatic heterocycles. The highest BCUT2D eigenvalue weighted by molar-refractivity contribution is 5.99. The van der Waals surface area contributed by atoms with Crippen molar-refractivity contribution in [2.24, 2.45) is 5.10 Å². The summed E-state index contributed by atoms with van der Waals surface area (Å²) in [6.45, 7) is 0.473. The Hall–Kier alpha value is -4.44. The molecule has 1 N–H and O–H groups in total. The number of fused-ring (bicyclic) bond motifs is 2. The highest BCUT2D eigenvalue weighted by Gasteiger charge is 2.05. The van der Waals surface area contributed by atoms with Crippen molar-refractivity contribution in [2.45, 2.75) is 6.61 Å². The minimum absolute atomic E-state index is 0.250. The number of hydrogen-bond donors (Lipinski definition) is 1. The Morgan fingerprint density at radius 2 is 1.52 bits per heavy atom. The van der Waals surface area contributed by atoms with Crippen LogP contribution in [0.4, 0.5) is 0 Å². The van der Waals surface area contributed by atoms with Gasteiger partial charge in [0, 0.05) is 5.56 Å². The summed E-state index contributed by atoms with van der Waals surface area (Å²) in [6.07, 6.45) is 1.61. The van der Waals surface area contributed by atoms with E-state index in [1.807, 2.05) is 78.9 Å². The van der Waals surface area contributed by atoms with Gasteiger partial charge in [-0.1, -0.05) is 84.9 Å². The van der Waals surface area contributed by atoms with E-state index in [9.17, 15) is 4.79 Å². The van der Waals surface area contributed by atoms with Crippen LogP contribution in [0, 0.1) is 0 Å². The lowest BCUT2D eigenvalue weighted by Gasteiger charge is -2.09. The second kappa shape index (κ2) is 9.37. The van der Waals surface area contributed by atoms with E-state index in [1.165, 1.54) is 10.8 Å². The lowest BCUT2D eigenvalue weighted by Crippen LogP contribution is -2.17. The minimum atomic E-state index is -0.250. The molecule has 0 saturated heterocycles. The number of ether oxygens (including phenoxy) is 1. The summed E-state index contributed by atoms with van der Waals surface area (Å²) in [4.78, 5) is 12.5. The van der Waals surface area contributed by atoms with Gasteiger partial charge in [0.1, 0.15) is 12.4 Å². The van der Waals surface area contributed by atoms with E-state index in [-0.39, 0.29) is 5.91 Å². The van der Waals surface area contributed by atoms with E-state index in [0.717, 1.165) is 27.6 Å². The lowest BCUT2D eigenvalue weighted by molar-refractivity contribution is 0.0955. The fourth-order valence-corrected chi connectivity index (χ4v) is 3.82. The molecule has 0 atom stereocenters. The minimum Gasteiger partial charge on any atom is -0.489 e. The average molecular weight is 431 g/mol. The number of nitrogens with zero attached hydrogens (tertiary/aromatic N) is 1. The van der Waals surface area contributed by atoms with Crippen molar-refractivity contribution >= 4 is 33.7 Å². The van der Waals surface area contributed by atoms with Crippen molar-refractivity contribution in [3.05, 3.63) is 126 Å². The maximum Gasteiger partial charge on any atom is 0.271 e. The van der Waals surface area contributed by atoms with Crippen LogP contribution in [0.25, 0.3) is 21.5 Å². The molecule has 5 aromatic rings. The van der Waals surface area contributed by atoms with Crippen LogP contribution < -0.4 is 10.2 Å². The monoisotopic (exact) mass is 430 g/mol.